The van der Waals surface area contributed by atoms with E-state index in [1.54, 1.807) is 4.73 Å². The summed E-state index contributed by atoms with van der Waals surface area (Å²) >= 11 is 0. The Morgan fingerprint density at radius 1 is 1.78 bits per heavy atom. The molecule has 0 spiro atoms. The van der Waals surface area contributed by atoms with Crippen LogP contribution in [-0.2, 0) is 9.57 Å². The molecule has 0 amide bonds. The normalized spacial score (nSPS) is 33.9. The van der Waals surface area contributed by atoms with Gasteiger partial charge in [-0.1, -0.05) is 0 Å². The van der Waals surface area contributed by atoms with E-state index in [0.717, 1.165) is 12.3 Å². The van der Waals surface area contributed by atoms with Gasteiger partial charge in [0.15, 0.2) is 5.76 Å². The van der Waals surface area contributed by atoms with Gasteiger partial charge in [0.25, 0.3) is 0 Å². The topological polar surface area (TPSA) is 21.7 Å². The number of hydroxylamine groups is 1. The maximum atomic E-state index is 5.26. The van der Waals surface area contributed by atoms with E-state index in [0.29, 0.717) is 6.61 Å². The summed E-state index contributed by atoms with van der Waals surface area (Å²) in [4.78, 5) is 5.17. The summed E-state index contributed by atoms with van der Waals surface area (Å²) < 4.78 is 6.85. The molecule has 2 rings (SSSR count). The molecule has 2 aliphatic heterocycles. The molecule has 9 heavy (non-hydrogen) atoms. The van der Waals surface area contributed by atoms with Crippen molar-refractivity contribution in [2.75, 3.05) is 13.2 Å². The number of rotatable bonds is 0. The van der Waals surface area contributed by atoms with Gasteiger partial charge in [0.2, 0.25) is 10.4 Å². The molecule has 4 heteroatoms. The lowest BCUT2D eigenvalue weighted by Crippen LogP contribution is -2.18. The van der Waals surface area contributed by atoms with Crippen molar-refractivity contribution in [1.29, 1.82) is 0 Å². The molecule has 1 unspecified atom stereocenters. The highest BCUT2D eigenvalue weighted by molar-refractivity contribution is 6.03. The van der Waals surface area contributed by atoms with Crippen LogP contribution >= 0.6 is 0 Å². The zero-order valence-electron chi connectivity index (χ0n) is 4.83. The minimum absolute atomic E-state index is 0.169. The Balaban J connectivity index is 2.15. The van der Waals surface area contributed by atoms with E-state index in [1.165, 1.54) is 0 Å². The third kappa shape index (κ3) is 0.792. The zero-order valence-corrected chi connectivity index (χ0v) is 5.83. The molecule has 1 saturated heterocycles. The number of ether oxygens (including phenoxy) is 1. The smallest absolute Gasteiger partial charge is 0.202 e. The zero-order chi connectivity index (χ0) is 6.27. The molecule has 47 valence electrons. The Kier molecular flexibility index (Phi) is 1.11. The molecule has 0 aromatic heterocycles. The fourth-order valence-electron chi connectivity index (χ4n) is 1.01. The van der Waals surface area contributed by atoms with Crippen LogP contribution in [0.25, 0.3) is 0 Å². The molecule has 0 bridgehead atoms. The summed E-state index contributed by atoms with van der Waals surface area (Å²) in [6.07, 6.45) is 2.12. The van der Waals surface area contributed by atoms with Gasteiger partial charge in [0.05, 0.1) is 13.2 Å². The second-order valence-corrected chi connectivity index (χ2v) is 2.58. The van der Waals surface area contributed by atoms with Crippen LogP contribution in [0.3, 0.4) is 0 Å². The van der Waals surface area contributed by atoms with Gasteiger partial charge in [-0.25, -0.2) is 0 Å². The first kappa shape index (κ1) is 5.46. The Morgan fingerprint density at radius 2 is 2.67 bits per heavy atom. The van der Waals surface area contributed by atoms with Crippen LogP contribution in [-0.4, -0.2) is 34.4 Å². The Hall–Kier alpha value is -0.323. The molecule has 1 fully saturated rings. The lowest BCUT2D eigenvalue weighted by atomic mass is 10.3. The van der Waals surface area contributed by atoms with Gasteiger partial charge in [-0.2, -0.15) is 4.73 Å². The molecule has 3 nitrogen and oxygen atoms in total. The summed E-state index contributed by atoms with van der Waals surface area (Å²) in [6.45, 7) is 1.47. The quantitative estimate of drug-likeness (QED) is 0.427. The third-order valence-corrected chi connectivity index (χ3v) is 1.72. The van der Waals surface area contributed by atoms with Crippen LogP contribution in [0.4, 0.5) is 0 Å². The van der Waals surface area contributed by atoms with E-state index in [-0.39, 0.29) is 6.10 Å². The molecule has 0 saturated carbocycles. The van der Waals surface area contributed by atoms with Crippen molar-refractivity contribution in [3.05, 3.63) is 11.8 Å². The first-order chi connectivity index (χ1) is 4.36. The molecule has 0 aliphatic carbocycles. The van der Waals surface area contributed by atoms with Gasteiger partial charge in [0, 0.05) is 0 Å². The fourth-order valence-corrected chi connectivity index (χ4v) is 1.29. The highest BCUT2D eigenvalue weighted by atomic mass is 28.2. The molecular formula is C5H6NO2Si. The van der Waals surface area contributed by atoms with Crippen molar-refractivity contribution in [3.63, 3.8) is 0 Å². The number of hydrogen-bond donors (Lipinski definition) is 0. The molecule has 0 aromatic rings. The molecule has 0 N–H and O–H groups in total. The van der Waals surface area contributed by atoms with E-state index >= 15 is 0 Å². The van der Waals surface area contributed by atoms with Gasteiger partial charge in [-0.15, -0.1) is 0 Å². The van der Waals surface area contributed by atoms with Crippen LogP contribution in [0.1, 0.15) is 0 Å². The summed E-state index contributed by atoms with van der Waals surface area (Å²) in [7, 11) is 3.23. The molecular weight excluding hydrogens is 134 g/mol. The van der Waals surface area contributed by atoms with Gasteiger partial charge in [0.1, 0.15) is 6.10 Å². The highest BCUT2D eigenvalue weighted by Crippen LogP contribution is 2.23. The predicted molar refractivity (Wildman–Crippen MR) is 31.4 cm³/mol. The van der Waals surface area contributed by atoms with Crippen LogP contribution in [0.5, 0.6) is 0 Å². The lowest BCUT2D eigenvalue weighted by Gasteiger charge is -2.04. The average Bonchev–Trinajstić information content (AvgIpc) is 2.22. The van der Waals surface area contributed by atoms with Gasteiger partial charge >= 0.3 is 0 Å². The maximum absolute atomic E-state index is 5.26. The molecule has 2 heterocycles. The first-order valence-electron chi connectivity index (χ1n) is 2.84. The molecule has 3 radical (unpaired) electrons. The summed E-state index contributed by atoms with van der Waals surface area (Å²) in [5.41, 5.74) is 0. The minimum atomic E-state index is 0.169. The largest absolute Gasteiger partial charge is 0.416 e. The van der Waals surface area contributed by atoms with E-state index in [1.807, 2.05) is 6.08 Å². The van der Waals surface area contributed by atoms with E-state index in [4.69, 9.17) is 9.57 Å². The van der Waals surface area contributed by atoms with Gasteiger partial charge in [-0.05, 0) is 6.08 Å². The fraction of sp³-hybridized carbons (Fsp3) is 0.600. The minimum Gasteiger partial charge on any atom is -0.416 e. The van der Waals surface area contributed by atoms with Crippen LogP contribution < -0.4 is 0 Å². The number of fused-ring (bicyclic) bond motifs is 1. The number of hydrogen-bond acceptors (Lipinski definition) is 3. The van der Waals surface area contributed by atoms with E-state index < -0.39 is 0 Å². The SMILES string of the molecule is [Si]N1CC2OCC=C2O1. The Morgan fingerprint density at radius 3 is 3.44 bits per heavy atom. The van der Waals surface area contributed by atoms with Crippen molar-refractivity contribution < 1.29 is 9.57 Å². The second-order valence-electron chi connectivity index (χ2n) is 2.08. The van der Waals surface area contributed by atoms with Crippen molar-refractivity contribution >= 4 is 10.4 Å². The summed E-state index contributed by atoms with van der Waals surface area (Å²) in [5.74, 6) is 0.935. The highest BCUT2D eigenvalue weighted by Gasteiger charge is 2.30. The van der Waals surface area contributed by atoms with Gasteiger partial charge < -0.3 is 9.57 Å². The molecule has 0 aromatic carbocycles. The Bertz CT molecular complexity index is 159. The maximum Gasteiger partial charge on any atom is 0.202 e. The monoisotopic (exact) mass is 140 g/mol. The van der Waals surface area contributed by atoms with Crippen molar-refractivity contribution in [2.45, 2.75) is 6.10 Å². The number of nitrogens with zero attached hydrogens (tertiary/aromatic N) is 1. The van der Waals surface area contributed by atoms with Crippen LogP contribution in [0.2, 0.25) is 0 Å². The van der Waals surface area contributed by atoms with Gasteiger partial charge in [-0.3, -0.25) is 0 Å². The van der Waals surface area contributed by atoms with E-state index in [2.05, 4.69) is 10.4 Å². The summed E-state index contributed by atoms with van der Waals surface area (Å²) in [6, 6.07) is 0. The van der Waals surface area contributed by atoms with Crippen molar-refractivity contribution in [3.8, 4) is 0 Å². The van der Waals surface area contributed by atoms with Crippen LogP contribution in [0.15, 0.2) is 11.8 Å². The molecule has 1 atom stereocenters. The molecule has 2 aliphatic rings. The van der Waals surface area contributed by atoms with Crippen LogP contribution in [0, 0.1) is 0 Å². The summed E-state index contributed by atoms with van der Waals surface area (Å²) in [5, 5.41) is 0. The Labute approximate surface area is 56.7 Å². The first-order valence-corrected chi connectivity index (χ1v) is 3.29. The standard InChI is InChI=1S/C5H6NO2Si/c9-6-3-5-4(8-6)1-2-7-5/h1,5H,2-3H2. The van der Waals surface area contributed by atoms with Crippen molar-refractivity contribution in [1.82, 2.24) is 4.73 Å². The average molecular weight is 140 g/mol. The third-order valence-electron chi connectivity index (χ3n) is 1.45. The lowest BCUT2D eigenvalue weighted by molar-refractivity contribution is 0.0103. The predicted octanol–water partition coefficient (Wildman–Crippen LogP) is -0.400. The van der Waals surface area contributed by atoms with Crippen molar-refractivity contribution in [2.24, 2.45) is 0 Å². The van der Waals surface area contributed by atoms with E-state index in [9.17, 15) is 0 Å². The second kappa shape index (κ2) is 1.83.